The summed E-state index contributed by atoms with van der Waals surface area (Å²) in [4.78, 5) is 29.2. The van der Waals surface area contributed by atoms with Crippen molar-refractivity contribution < 1.29 is 13.2 Å². The highest BCUT2D eigenvalue weighted by Gasteiger charge is 2.11. The molecule has 0 fully saturated rings. The number of nitrogens with one attached hydrogen (secondary N) is 2. The number of hydrogen-bond acceptors (Lipinski definition) is 6. The van der Waals surface area contributed by atoms with Crippen molar-refractivity contribution >= 4 is 32.4 Å². The molecular formula is C20H22N4O4S. The van der Waals surface area contributed by atoms with Gasteiger partial charge in [0, 0.05) is 23.8 Å². The lowest BCUT2D eigenvalue weighted by molar-refractivity contribution is 0.0990. The van der Waals surface area contributed by atoms with Gasteiger partial charge in [-0.05, 0) is 43.3 Å². The maximum Gasteiger partial charge on any atom is 0.261 e. The summed E-state index contributed by atoms with van der Waals surface area (Å²) in [5.74, 6) is -0.132. The number of nitrogens with zero attached hydrogens (tertiary/aromatic N) is 2. The second-order valence-corrected chi connectivity index (χ2v) is 8.58. The van der Waals surface area contributed by atoms with Crippen LogP contribution >= 0.6 is 0 Å². The molecule has 2 N–H and O–H groups in total. The van der Waals surface area contributed by atoms with Crippen LogP contribution in [0.5, 0.6) is 0 Å². The standard InChI is InChI=1S/C20H22N4O4S/c1-14(24-13-22-18-6-4-3-5-17(18)20(24)26)11-21-12-19(25)15-7-9-16(10-8-15)23-29(2,27)28/h3-10,13-14,21,23H,11-12H2,1-2H3. The average molecular weight is 414 g/mol. The van der Waals surface area contributed by atoms with Crippen LogP contribution in [-0.2, 0) is 10.0 Å². The van der Waals surface area contributed by atoms with Gasteiger partial charge in [0.15, 0.2) is 5.78 Å². The van der Waals surface area contributed by atoms with E-state index in [9.17, 15) is 18.0 Å². The predicted octanol–water partition coefficient (Wildman–Crippen LogP) is 1.80. The smallest absolute Gasteiger partial charge is 0.261 e. The molecule has 0 aliphatic heterocycles. The maximum atomic E-state index is 12.6. The first kappa shape index (κ1) is 20.7. The van der Waals surface area contributed by atoms with Crippen molar-refractivity contribution in [2.45, 2.75) is 13.0 Å². The van der Waals surface area contributed by atoms with Gasteiger partial charge in [0.1, 0.15) is 0 Å². The quantitative estimate of drug-likeness (QED) is 0.544. The Morgan fingerprint density at radius 2 is 1.83 bits per heavy atom. The summed E-state index contributed by atoms with van der Waals surface area (Å²) in [7, 11) is -3.36. The fraction of sp³-hybridized carbons (Fsp3) is 0.250. The molecule has 1 heterocycles. The van der Waals surface area contributed by atoms with Gasteiger partial charge < -0.3 is 5.32 Å². The molecule has 0 radical (unpaired) electrons. The molecule has 0 aliphatic rings. The van der Waals surface area contributed by atoms with Crippen LogP contribution in [0, 0.1) is 0 Å². The monoisotopic (exact) mass is 414 g/mol. The van der Waals surface area contributed by atoms with Gasteiger partial charge in [0.2, 0.25) is 10.0 Å². The van der Waals surface area contributed by atoms with E-state index in [1.807, 2.05) is 13.0 Å². The highest BCUT2D eigenvalue weighted by molar-refractivity contribution is 7.92. The molecule has 152 valence electrons. The Morgan fingerprint density at radius 1 is 1.14 bits per heavy atom. The number of fused-ring (bicyclic) bond motifs is 1. The SMILES string of the molecule is CC(CNCC(=O)c1ccc(NS(C)(=O)=O)cc1)n1cnc2ccccc2c1=O. The first-order valence-electron chi connectivity index (χ1n) is 9.02. The lowest BCUT2D eigenvalue weighted by Gasteiger charge is -2.16. The number of aromatic nitrogens is 2. The van der Waals surface area contributed by atoms with Gasteiger partial charge in [-0.1, -0.05) is 12.1 Å². The molecule has 2 aromatic carbocycles. The van der Waals surface area contributed by atoms with Crippen LogP contribution in [0.25, 0.3) is 10.9 Å². The van der Waals surface area contributed by atoms with E-state index in [0.717, 1.165) is 6.26 Å². The van der Waals surface area contributed by atoms with E-state index in [2.05, 4.69) is 15.0 Å². The van der Waals surface area contributed by atoms with Crippen LogP contribution in [0.15, 0.2) is 59.7 Å². The summed E-state index contributed by atoms with van der Waals surface area (Å²) in [6.07, 6.45) is 2.58. The number of sulfonamides is 1. The van der Waals surface area contributed by atoms with Crippen molar-refractivity contribution in [2.24, 2.45) is 0 Å². The second-order valence-electron chi connectivity index (χ2n) is 6.83. The minimum atomic E-state index is -3.36. The maximum absolute atomic E-state index is 12.6. The number of carbonyl (C=O) groups excluding carboxylic acids is 1. The van der Waals surface area contributed by atoms with Crippen molar-refractivity contribution in [3.8, 4) is 0 Å². The van der Waals surface area contributed by atoms with E-state index in [4.69, 9.17) is 0 Å². The van der Waals surface area contributed by atoms with Gasteiger partial charge in [-0.2, -0.15) is 0 Å². The third kappa shape index (κ3) is 5.27. The zero-order valence-corrected chi connectivity index (χ0v) is 16.9. The number of Topliss-reactive ketones (excluding diaryl/α,β-unsaturated/α-hetero) is 1. The number of carbonyl (C=O) groups is 1. The van der Waals surface area contributed by atoms with Gasteiger partial charge in [-0.3, -0.25) is 18.9 Å². The Balaban J connectivity index is 1.59. The Kier molecular flexibility index (Phi) is 6.09. The number of hydrogen-bond donors (Lipinski definition) is 2. The zero-order chi connectivity index (χ0) is 21.0. The molecule has 1 atom stereocenters. The van der Waals surface area contributed by atoms with Crippen molar-refractivity contribution in [1.29, 1.82) is 0 Å². The van der Waals surface area contributed by atoms with Crippen molar-refractivity contribution in [3.05, 3.63) is 70.8 Å². The molecule has 3 aromatic rings. The van der Waals surface area contributed by atoms with Crippen LogP contribution in [-0.4, -0.2) is 43.1 Å². The minimum Gasteiger partial charge on any atom is -0.308 e. The van der Waals surface area contributed by atoms with Crippen molar-refractivity contribution in [2.75, 3.05) is 24.1 Å². The normalized spacial score (nSPS) is 12.6. The number of anilines is 1. The molecule has 0 aliphatic carbocycles. The lowest BCUT2D eigenvalue weighted by Crippen LogP contribution is -2.33. The molecule has 1 unspecified atom stereocenters. The van der Waals surface area contributed by atoms with E-state index in [0.29, 0.717) is 28.7 Å². The molecular weight excluding hydrogens is 392 g/mol. The van der Waals surface area contributed by atoms with E-state index in [1.54, 1.807) is 34.9 Å². The molecule has 8 nitrogen and oxygen atoms in total. The van der Waals surface area contributed by atoms with E-state index < -0.39 is 10.0 Å². The third-order valence-corrected chi connectivity index (χ3v) is 5.01. The predicted molar refractivity (Wildman–Crippen MR) is 113 cm³/mol. The molecule has 3 rings (SSSR count). The van der Waals surface area contributed by atoms with Crippen LogP contribution in [0.2, 0.25) is 0 Å². The van der Waals surface area contributed by atoms with Crippen LogP contribution in [0.1, 0.15) is 23.3 Å². The van der Waals surface area contributed by atoms with Crippen LogP contribution < -0.4 is 15.6 Å². The number of ketones is 1. The third-order valence-electron chi connectivity index (χ3n) is 4.40. The molecule has 0 spiro atoms. The van der Waals surface area contributed by atoms with Crippen LogP contribution in [0.4, 0.5) is 5.69 Å². The average Bonchev–Trinajstić information content (AvgIpc) is 2.67. The molecule has 0 bridgehead atoms. The highest BCUT2D eigenvalue weighted by atomic mass is 32.2. The van der Waals surface area contributed by atoms with Gasteiger partial charge in [-0.15, -0.1) is 0 Å². The van der Waals surface area contributed by atoms with Gasteiger partial charge >= 0.3 is 0 Å². The summed E-state index contributed by atoms with van der Waals surface area (Å²) < 4.78 is 26.3. The van der Waals surface area contributed by atoms with Crippen molar-refractivity contribution in [3.63, 3.8) is 0 Å². The first-order valence-corrected chi connectivity index (χ1v) is 10.9. The Labute approximate surface area is 168 Å². The van der Waals surface area contributed by atoms with E-state index in [-0.39, 0.29) is 23.9 Å². The largest absolute Gasteiger partial charge is 0.308 e. The number of benzene rings is 2. The molecule has 1 aromatic heterocycles. The summed E-state index contributed by atoms with van der Waals surface area (Å²) in [5.41, 5.74) is 1.39. The summed E-state index contributed by atoms with van der Waals surface area (Å²) in [5, 5.41) is 3.62. The number of para-hydroxylation sites is 1. The molecule has 29 heavy (non-hydrogen) atoms. The minimum absolute atomic E-state index is 0.0962. The first-order chi connectivity index (χ1) is 13.7. The Bertz CT molecular complexity index is 1190. The van der Waals surface area contributed by atoms with Gasteiger partial charge in [0.25, 0.3) is 5.56 Å². The molecule has 9 heteroatoms. The zero-order valence-electron chi connectivity index (χ0n) is 16.1. The second kappa shape index (κ2) is 8.54. The fourth-order valence-corrected chi connectivity index (χ4v) is 3.49. The molecule has 0 saturated carbocycles. The van der Waals surface area contributed by atoms with Crippen LogP contribution in [0.3, 0.4) is 0 Å². The molecule has 0 saturated heterocycles. The van der Waals surface area contributed by atoms with Gasteiger partial charge in [0.05, 0.1) is 30.0 Å². The number of rotatable bonds is 8. The highest BCUT2D eigenvalue weighted by Crippen LogP contribution is 2.11. The fourth-order valence-electron chi connectivity index (χ4n) is 2.93. The summed E-state index contributed by atoms with van der Waals surface area (Å²) in [6.45, 7) is 2.39. The Morgan fingerprint density at radius 3 is 2.52 bits per heavy atom. The lowest BCUT2D eigenvalue weighted by atomic mass is 10.1. The van der Waals surface area contributed by atoms with Crippen molar-refractivity contribution in [1.82, 2.24) is 14.9 Å². The van der Waals surface area contributed by atoms with E-state index in [1.165, 1.54) is 18.5 Å². The summed E-state index contributed by atoms with van der Waals surface area (Å²) >= 11 is 0. The Hall–Kier alpha value is -3.04. The van der Waals surface area contributed by atoms with Gasteiger partial charge in [-0.25, -0.2) is 13.4 Å². The summed E-state index contributed by atoms with van der Waals surface area (Å²) in [6, 6.07) is 13.2. The van der Waals surface area contributed by atoms with E-state index >= 15 is 0 Å². The molecule has 0 amide bonds. The topological polar surface area (TPSA) is 110 Å².